The first-order valence-corrected chi connectivity index (χ1v) is 11.0. The fourth-order valence-corrected chi connectivity index (χ4v) is 4.81. The number of amides is 2. The summed E-state index contributed by atoms with van der Waals surface area (Å²) in [4.78, 5) is 31.7. The van der Waals surface area contributed by atoms with E-state index in [0.717, 1.165) is 57.9 Å². The van der Waals surface area contributed by atoms with Crippen LogP contribution in [0.15, 0.2) is 18.2 Å². The van der Waals surface area contributed by atoms with Gasteiger partial charge in [-0.3, -0.25) is 14.5 Å². The molecule has 0 bridgehead atoms. The number of fused-ring (bicyclic) bond motifs is 1. The molecule has 8 nitrogen and oxygen atoms in total. The van der Waals surface area contributed by atoms with Crippen molar-refractivity contribution >= 4 is 17.5 Å². The average molecular weight is 415 g/mol. The van der Waals surface area contributed by atoms with E-state index in [2.05, 4.69) is 4.90 Å². The Balaban J connectivity index is 1.17. The SMILES string of the molecule is O=C([C@H]1CC(=O)N(c2ccc3c(c2)OCCO3)C1)N1CCN(C[C@H]2CCCO2)CC1. The molecule has 0 saturated carbocycles. The number of nitrogens with zero attached hydrogens (tertiary/aromatic N) is 3. The van der Waals surface area contributed by atoms with Gasteiger partial charge in [0.2, 0.25) is 11.8 Å². The minimum Gasteiger partial charge on any atom is -0.486 e. The molecule has 0 radical (unpaired) electrons. The van der Waals surface area contributed by atoms with Gasteiger partial charge in [0.15, 0.2) is 11.5 Å². The molecule has 8 heteroatoms. The Morgan fingerprint density at radius 3 is 2.60 bits per heavy atom. The molecule has 5 rings (SSSR count). The first-order valence-electron chi connectivity index (χ1n) is 11.0. The molecule has 1 aromatic rings. The normalized spacial score (nSPS) is 27.0. The van der Waals surface area contributed by atoms with Crippen LogP contribution < -0.4 is 14.4 Å². The fraction of sp³-hybridized carbons (Fsp3) is 0.636. The van der Waals surface area contributed by atoms with Crippen LogP contribution in [-0.2, 0) is 14.3 Å². The van der Waals surface area contributed by atoms with E-state index in [-0.39, 0.29) is 24.2 Å². The van der Waals surface area contributed by atoms with E-state index in [0.29, 0.717) is 37.4 Å². The minimum atomic E-state index is -0.282. The Morgan fingerprint density at radius 1 is 1.03 bits per heavy atom. The van der Waals surface area contributed by atoms with Gasteiger partial charge in [0.1, 0.15) is 13.2 Å². The van der Waals surface area contributed by atoms with Gasteiger partial charge in [-0.1, -0.05) is 0 Å². The van der Waals surface area contributed by atoms with Gasteiger partial charge in [-0.05, 0) is 25.0 Å². The number of carbonyl (C=O) groups excluding carboxylic acids is 2. The molecule has 4 aliphatic rings. The summed E-state index contributed by atoms with van der Waals surface area (Å²) in [5.74, 6) is 1.16. The highest BCUT2D eigenvalue weighted by molar-refractivity contribution is 6.00. The van der Waals surface area contributed by atoms with Crippen molar-refractivity contribution in [3.63, 3.8) is 0 Å². The summed E-state index contributed by atoms with van der Waals surface area (Å²) in [5, 5.41) is 0. The van der Waals surface area contributed by atoms with E-state index in [1.807, 2.05) is 23.1 Å². The molecule has 162 valence electrons. The molecule has 2 amide bonds. The van der Waals surface area contributed by atoms with E-state index in [4.69, 9.17) is 14.2 Å². The van der Waals surface area contributed by atoms with Gasteiger partial charge in [-0.2, -0.15) is 0 Å². The smallest absolute Gasteiger partial charge is 0.228 e. The number of anilines is 1. The molecule has 0 spiro atoms. The van der Waals surface area contributed by atoms with Crippen molar-refractivity contribution in [1.29, 1.82) is 0 Å². The highest BCUT2D eigenvalue weighted by atomic mass is 16.6. The van der Waals surface area contributed by atoms with Crippen molar-refractivity contribution in [2.45, 2.75) is 25.4 Å². The highest BCUT2D eigenvalue weighted by Gasteiger charge is 2.38. The third-order valence-corrected chi connectivity index (χ3v) is 6.48. The highest BCUT2D eigenvalue weighted by Crippen LogP contribution is 2.36. The molecule has 30 heavy (non-hydrogen) atoms. The summed E-state index contributed by atoms with van der Waals surface area (Å²) in [6.07, 6.45) is 2.90. The van der Waals surface area contributed by atoms with Gasteiger partial charge >= 0.3 is 0 Å². The van der Waals surface area contributed by atoms with Crippen LogP contribution in [-0.4, -0.2) is 86.8 Å². The standard InChI is InChI=1S/C22H29N3O5/c26-21-12-16(14-25(21)17-3-4-19-20(13-17)30-11-10-29-19)22(27)24-7-5-23(6-8-24)15-18-2-1-9-28-18/h3-4,13,16,18H,1-2,5-12,14-15H2/t16-,18+/m0/s1. The van der Waals surface area contributed by atoms with Crippen molar-refractivity contribution in [2.24, 2.45) is 5.92 Å². The van der Waals surface area contributed by atoms with E-state index in [1.165, 1.54) is 0 Å². The number of hydrogen-bond acceptors (Lipinski definition) is 6. The Kier molecular flexibility index (Phi) is 5.52. The first-order chi connectivity index (χ1) is 14.7. The molecule has 3 fully saturated rings. The summed E-state index contributed by atoms with van der Waals surface area (Å²) in [6.45, 7) is 6.49. The maximum atomic E-state index is 13.1. The fourth-order valence-electron chi connectivity index (χ4n) is 4.81. The van der Waals surface area contributed by atoms with Crippen LogP contribution in [0.3, 0.4) is 0 Å². The van der Waals surface area contributed by atoms with Gasteiger partial charge in [-0.15, -0.1) is 0 Å². The summed E-state index contributed by atoms with van der Waals surface area (Å²) < 4.78 is 16.9. The van der Waals surface area contributed by atoms with Crippen LogP contribution in [0.25, 0.3) is 0 Å². The Hall–Kier alpha value is -2.32. The number of carbonyl (C=O) groups is 2. The molecule has 0 aliphatic carbocycles. The molecular formula is C22H29N3O5. The summed E-state index contributed by atoms with van der Waals surface area (Å²) in [7, 11) is 0. The Morgan fingerprint density at radius 2 is 1.83 bits per heavy atom. The predicted octanol–water partition coefficient (Wildman–Crippen LogP) is 1.13. The lowest BCUT2D eigenvalue weighted by atomic mass is 10.1. The third-order valence-electron chi connectivity index (χ3n) is 6.48. The van der Waals surface area contributed by atoms with Crippen LogP contribution in [0.4, 0.5) is 5.69 Å². The molecule has 1 aromatic carbocycles. The molecule has 4 aliphatic heterocycles. The summed E-state index contributed by atoms with van der Waals surface area (Å²) >= 11 is 0. The average Bonchev–Trinajstić information content (AvgIpc) is 3.43. The molecule has 0 aromatic heterocycles. The third kappa shape index (κ3) is 3.98. The summed E-state index contributed by atoms with van der Waals surface area (Å²) in [6, 6.07) is 5.53. The van der Waals surface area contributed by atoms with E-state index in [9.17, 15) is 9.59 Å². The number of hydrogen-bond donors (Lipinski definition) is 0. The molecule has 0 unspecified atom stereocenters. The molecule has 2 atom stereocenters. The molecule has 4 heterocycles. The van der Waals surface area contributed by atoms with E-state index >= 15 is 0 Å². The van der Waals surface area contributed by atoms with E-state index in [1.54, 1.807) is 4.90 Å². The lowest BCUT2D eigenvalue weighted by Gasteiger charge is -2.36. The monoisotopic (exact) mass is 415 g/mol. The van der Waals surface area contributed by atoms with Crippen molar-refractivity contribution in [3.05, 3.63) is 18.2 Å². The van der Waals surface area contributed by atoms with Gasteiger partial charge < -0.3 is 24.0 Å². The van der Waals surface area contributed by atoms with Gasteiger partial charge in [0.25, 0.3) is 0 Å². The number of piperazine rings is 1. The predicted molar refractivity (Wildman–Crippen MR) is 110 cm³/mol. The zero-order chi connectivity index (χ0) is 20.5. The molecule has 3 saturated heterocycles. The van der Waals surface area contributed by atoms with Crippen molar-refractivity contribution < 1.29 is 23.8 Å². The summed E-state index contributed by atoms with van der Waals surface area (Å²) in [5.41, 5.74) is 0.765. The number of rotatable bonds is 4. The van der Waals surface area contributed by atoms with Crippen LogP contribution >= 0.6 is 0 Å². The lowest BCUT2D eigenvalue weighted by Crippen LogP contribution is -2.52. The number of benzene rings is 1. The quantitative estimate of drug-likeness (QED) is 0.734. The van der Waals surface area contributed by atoms with Crippen molar-refractivity contribution in [1.82, 2.24) is 9.80 Å². The maximum Gasteiger partial charge on any atom is 0.228 e. The van der Waals surface area contributed by atoms with Gasteiger partial charge in [-0.25, -0.2) is 0 Å². The number of ether oxygens (including phenoxy) is 3. The second-order valence-electron chi connectivity index (χ2n) is 8.49. The topological polar surface area (TPSA) is 71.6 Å². The van der Waals surface area contributed by atoms with Crippen LogP contribution in [0.5, 0.6) is 11.5 Å². The van der Waals surface area contributed by atoms with Crippen LogP contribution in [0.2, 0.25) is 0 Å². The Labute approximate surface area is 176 Å². The van der Waals surface area contributed by atoms with Crippen LogP contribution in [0, 0.1) is 5.92 Å². The molecular weight excluding hydrogens is 386 g/mol. The maximum absolute atomic E-state index is 13.1. The zero-order valence-corrected chi connectivity index (χ0v) is 17.3. The van der Waals surface area contributed by atoms with Crippen molar-refractivity contribution in [2.75, 3.05) is 64.0 Å². The van der Waals surface area contributed by atoms with Gasteiger partial charge in [0.05, 0.1) is 12.0 Å². The lowest BCUT2D eigenvalue weighted by molar-refractivity contribution is -0.137. The zero-order valence-electron chi connectivity index (χ0n) is 17.3. The van der Waals surface area contributed by atoms with Gasteiger partial charge in [0, 0.05) is 64.0 Å². The van der Waals surface area contributed by atoms with Crippen molar-refractivity contribution in [3.8, 4) is 11.5 Å². The second kappa shape index (κ2) is 8.43. The minimum absolute atomic E-state index is 0.0120. The Bertz CT molecular complexity index is 802. The first kappa shape index (κ1) is 19.6. The molecule has 0 N–H and O–H groups in total. The van der Waals surface area contributed by atoms with Crippen LogP contribution in [0.1, 0.15) is 19.3 Å². The largest absolute Gasteiger partial charge is 0.486 e. The van der Waals surface area contributed by atoms with E-state index < -0.39 is 0 Å². The second-order valence-corrected chi connectivity index (χ2v) is 8.49.